The molecule has 1 N–H and O–H groups in total. The molecule has 8 heteroatoms. The van der Waals surface area contributed by atoms with Gasteiger partial charge < -0.3 is 9.84 Å². The average molecular weight is 389 g/mol. The second kappa shape index (κ2) is 7.10. The topological polar surface area (TPSA) is 68.0 Å². The summed E-state index contributed by atoms with van der Waals surface area (Å²) in [5, 5.41) is 6.26. The molecule has 1 aromatic heterocycles. The fraction of sp³-hybridized carbons (Fsp3) is 0.250. The lowest BCUT2D eigenvalue weighted by Gasteiger charge is -2.21. The number of amides is 1. The van der Waals surface area contributed by atoms with Crippen LogP contribution in [0.2, 0.25) is 0 Å². The van der Waals surface area contributed by atoms with Crippen molar-refractivity contribution < 1.29 is 22.5 Å². The summed E-state index contributed by atoms with van der Waals surface area (Å²) < 4.78 is 42.4. The molecule has 0 aliphatic carbocycles. The summed E-state index contributed by atoms with van der Waals surface area (Å²) in [5.74, 6) is -1.76. The van der Waals surface area contributed by atoms with E-state index in [-0.39, 0.29) is 11.7 Å². The van der Waals surface area contributed by atoms with E-state index in [1.165, 1.54) is 0 Å². The number of aromatic nitrogens is 2. The van der Waals surface area contributed by atoms with Crippen molar-refractivity contribution in [1.29, 1.82) is 0 Å². The Balaban J connectivity index is 1.78. The number of hydrogen-bond acceptors (Lipinski definition) is 4. The molecule has 0 spiro atoms. The molecule has 0 saturated heterocycles. The molecule has 1 amide bonds. The van der Waals surface area contributed by atoms with Crippen LogP contribution in [0.4, 0.5) is 18.9 Å². The maximum Gasteiger partial charge on any atom is 0.471 e. The maximum atomic E-state index is 12.7. The van der Waals surface area contributed by atoms with E-state index in [9.17, 15) is 18.0 Å². The van der Waals surface area contributed by atoms with Gasteiger partial charge in [0.25, 0.3) is 5.91 Å². The van der Waals surface area contributed by atoms with E-state index in [4.69, 9.17) is 0 Å². The zero-order valence-corrected chi connectivity index (χ0v) is 15.5. The van der Waals surface area contributed by atoms with Crippen molar-refractivity contribution >= 4 is 11.6 Å². The second-order valence-electron chi connectivity index (χ2n) is 6.94. The molecule has 5 nitrogen and oxygen atoms in total. The van der Waals surface area contributed by atoms with Crippen molar-refractivity contribution in [3.05, 3.63) is 76.9 Å². The lowest BCUT2D eigenvalue weighted by molar-refractivity contribution is -0.159. The maximum absolute atomic E-state index is 12.7. The number of nitrogens with one attached hydrogen (secondary N) is 1. The Morgan fingerprint density at radius 1 is 1.00 bits per heavy atom. The molecule has 0 radical (unpaired) electrons. The van der Waals surface area contributed by atoms with E-state index in [1.54, 1.807) is 50.2 Å². The Morgan fingerprint density at radius 2 is 1.61 bits per heavy atom. The van der Waals surface area contributed by atoms with Gasteiger partial charge in [0.05, 0.1) is 5.41 Å². The van der Waals surface area contributed by atoms with Crippen molar-refractivity contribution in [2.75, 3.05) is 5.32 Å². The van der Waals surface area contributed by atoms with E-state index < -0.39 is 17.5 Å². The minimum absolute atomic E-state index is 0.0864. The van der Waals surface area contributed by atoms with Crippen molar-refractivity contribution in [1.82, 2.24) is 10.1 Å². The van der Waals surface area contributed by atoms with E-state index in [0.29, 0.717) is 16.8 Å². The molecule has 0 atom stereocenters. The molecular weight excluding hydrogens is 371 g/mol. The van der Waals surface area contributed by atoms with Gasteiger partial charge in [0.2, 0.25) is 0 Å². The first-order valence-corrected chi connectivity index (χ1v) is 8.47. The van der Waals surface area contributed by atoms with Gasteiger partial charge in [-0.05, 0) is 50.6 Å². The molecule has 3 rings (SSSR count). The highest BCUT2D eigenvalue weighted by Crippen LogP contribution is 2.33. The van der Waals surface area contributed by atoms with Crippen LogP contribution >= 0.6 is 0 Å². The first-order valence-electron chi connectivity index (χ1n) is 8.47. The predicted molar refractivity (Wildman–Crippen MR) is 97.0 cm³/mol. The van der Waals surface area contributed by atoms with Gasteiger partial charge in [-0.3, -0.25) is 4.79 Å². The van der Waals surface area contributed by atoms with Crippen LogP contribution in [0, 0.1) is 6.92 Å². The lowest BCUT2D eigenvalue weighted by Crippen LogP contribution is -2.21. The zero-order valence-electron chi connectivity index (χ0n) is 15.5. The number of hydrogen-bond donors (Lipinski definition) is 1. The summed E-state index contributed by atoms with van der Waals surface area (Å²) in [6.45, 7) is 5.31. The Kier molecular flexibility index (Phi) is 4.97. The zero-order chi connectivity index (χ0) is 20.5. The Labute approximate surface area is 159 Å². The Morgan fingerprint density at radius 3 is 2.14 bits per heavy atom. The molecule has 0 saturated carbocycles. The van der Waals surface area contributed by atoms with Crippen LogP contribution in [0.15, 0.2) is 53.1 Å². The highest BCUT2D eigenvalue weighted by atomic mass is 19.4. The number of anilines is 1. The number of aryl methyl sites for hydroxylation is 1. The first-order chi connectivity index (χ1) is 13.1. The van der Waals surface area contributed by atoms with Gasteiger partial charge in [0, 0.05) is 11.3 Å². The quantitative estimate of drug-likeness (QED) is 0.684. The van der Waals surface area contributed by atoms with Crippen LogP contribution in [0.5, 0.6) is 0 Å². The predicted octanol–water partition coefficient (Wildman–Crippen LogP) is 4.98. The molecule has 146 valence electrons. The highest BCUT2D eigenvalue weighted by molar-refractivity contribution is 6.04. The standard InChI is InChI=1S/C20H18F3N3O2/c1-12-4-10-15(11-5-12)24-16(27)13-6-8-14(9-7-13)19(2,3)17-25-18(28-26-17)20(21,22)23/h4-11H,1-3H3,(H,24,27). The lowest BCUT2D eigenvalue weighted by atomic mass is 9.83. The Bertz CT molecular complexity index is 975. The van der Waals surface area contributed by atoms with Gasteiger partial charge >= 0.3 is 12.1 Å². The summed E-state index contributed by atoms with van der Waals surface area (Å²) in [6.07, 6.45) is -4.70. The normalized spacial score (nSPS) is 12.1. The fourth-order valence-electron chi connectivity index (χ4n) is 2.60. The molecule has 0 fully saturated rings. The van der Waals surface area contributed by atoms with E-state index >= 15 is 0 Å². The molecule has 0 aliphatic heterocycles. The summed E-state index contributed by atoms with van der Waals surface area (Å²) in [4.78, 5) is 15.8. The smallest absolute Gasteiger partial charge is 0.329 e. The number of nitrogens with zero attached hydrogens (tertiary/aromatic N) is 2. The first kappa shape index (κ1) is 19.6. The van der Waals surface area contributed by atoms with Crippen molar-refractivity contribution in [2.24, 2.45) is 0 Å². The number of carbonyl (C=O) groups excluding carboxylic acids is 1. The SMILES string of the molecule is Cc1ccc(NC(=O)c2ccc(C(C)(C)c3noc(C(F)(F)F)n3)cc2)cc1. The van der Waals surface area contributed by atoms with Crippen LogP contribution in [-0.4, -0.2) is 16.0 Å². The number of halogens is 3. The highest BCUT2D eigenvalue weighted by Gasteiger charge is 2.40. The van der Waals surface area contributed by atoms with Crippen LogP contribution in [0.1, 0.15) is 47.0 Å². The largest absolute Gasteiger partial charge is 0.471 e. The van der Waals surface area contributed by atoms with Crippen LogP contribution < -0.4 is 5.32 Å². The van der Waals surface area contributed by atoms with Crippen LogP contribution in [0.3, 0.4) is 0 Å². The molecule has 0 unspecified atom stereocenters. The molecule has 0 aliphatic rings. The molecule has 2 aromatic carbocycles. The molecule has 3 aromatic rings. The summed E-state index contributed by atoms with van der Waals surface area (Å²) in [6, 6.07) is 13.9. The van der Waals surface area contributed by atoms with Crippen molar-refractivity contribution in [3.8, 4) is 0 Å². The Hall–Kier alpha value is -3.16. The van der Waals surface area contributed by atoms with Gasteiger partial charge in [0.1, 0.15) is 0 Å². The minimum Gasteiger partial charge on any atom is -0.329 e. The monoisotopic (exact) mass is 389 g/mol. The van der Waals surface area contributed by atoms with Crippen molar-refractivity contribution in [3.63, 3.8) is 0 Å². The molecule has 1 heterocycles. The third kappa shape index (κ3) is 4.05. The summed E-state index contributed by atoms with van der Waals surface area (Å²) in [7, 11) is 0. The average Bonchev–Trinajstić information content (AvgIpc) is 3.15. The van der Waals surface area contributed by atoms with E-state index in [0.717, 1.165) is 5.56 Å². The number of carbonyl (C=O) groups is 1. The van der Waals surface area contributed by atoms with Gasteiger partial charge in [-0.25, -0.2) is 0 Å². The number of benzene rings is 2. The molecular formula is C20H18F3N3O2. The summed E-state index contributed by atoms with van der Waals surface area (Å²) in [5.41, 5.74) is 1.89. The van der Waals surface area contributed by atoms with Gasteiger partial charge in [0.15, 0.2) is 5.82 Å². The van der Waals surface area contributed by atoms with E-state index in [2.05, 4.69) is 20.0 Å². The van der Waals surface area contributed by atoms with Gasteiger partial charge in [-0.1, -0.05) is 35.0 Å². The molecule has 0 bridgehead atoms. The number of alkyl halides is 3. The fourth-order valence-corrected chi connectivity index (χ4v) is 2.60. The summed E-state index contributed by atoms with van der Waals surface area (Å²) >= 11 is 0. The van der Waals surface area contributed by atoms with Gasteiger partial charge in [-0.2, -0.15) is 18.2 Å². The van der Waals surface area contributed by atoms with Crippen LogP contribution in [-0.2, 0) is 11.6 Å². The van der Waals surface area contributed by atoms with Crippen molar-refractivity contribution in [2.45, 2.75) is 32.4 Å². The number of rotatable bonds is 4. The second-order valence-corrected chi connectivity index (χ2v) is 6.94. The third-order valence-electron chi connectivity index (χ3n) is 4.41. The molecule has 28 heavy (non-hydrogen) atoms. The third-order valence-corrected chi connectivity index (χ3v) is 4.41. The van der Waals surface area contributed by atoms with Gasteiger partial charge in [-0.15, -0.1) is 0 Å². The van der Waals surface area contributed by atoms with E-state index in [1.807, 2.05) is 19.1 Å². The minimum atomic E-state index is -4.70. The van der Waals surface area contributed by atoms with Crippen LogP contribution in [0.25, 0.3) is 0 Å².